The fraction of sp³-hybridized carbons (Fsp3) is 0.286. The van der Waals surface area contributed by atoms with E-state index in [4.69, 9.17) is 0 Å². The maximum absolute atomic E-state index is 12.2. The average Bonchev–Trinajstić information content (AvgIpc) is 2.88. The van der Waals surface area contributed by atoms with Gasteiger partial charge in [0.1, 0.15) is 0 Å². The molecule has 1 N–H and O–H groups in total. The van der Waals surface area contributed by atoms with Crippen LogP contribution in [0.1, 0.15) is 35.1 Å². The van der Waals surface area contributed by atoms with Gasteiger partial charge in [-0.25, -0.2) is 0 Å². The van der Waals surface area contributed by atoms with E-state index < -0.39 is 0 Å². The fourth-order valence-electron chi connectivity index (χ4n) is 1.80. The van der Waals surface area contributed by atoms with Crippen molar-refractivity contribution in [1.82, 2.24) is 10.3 Å². The van der Waals surface area contributed by atoms with Gasteiger partial charge < -0.3 is 5.32 Å². The standard InChI is InChI=1S/C14H15BrN2OS/c1-9(2)13(12-4-3-5-19-12)17-14(18)10-6-11(15)8-16-7-10/h3-9,13H,1-2H3,(H,17,18)/t13-/m1/s1. The molecule has 2 aromatic rings. The molecule has 2 heterocycles. The lowest BCUT2D eigenvalue weighted by Gasteiger charge is -2.21. The maximum Gasteiger partial charge on any atom is 0.253 e. The number of carbonyl (C=O) groups excluding carboxylic acids is 1. The third-order valence-corrected chi connectivity index (χ3v) is 4.16. The van der Waals surface area contributed by atoms with Crippen molar-refractivity contribution >= 4 is 33.2 Å². The molecule has 0 spiro atoms. The van der Waals surface area contributed by atoms with Crippen molar-refractivity contribution in [2.75, 3.05) is 0 Å². The molecule has 1 amide bonds. The normalized spacial score (nSPS) is 12.4. The monoisotopic (exact) mass is 338 g/mol. The van der Waals surface area contributed by atoms with E-state index in [0.717, 1.165) is 4.47 Å². The Morgan fingerprint density at radius 2 is 2.21 bits per heavy atom. The second kappa shape index (κ2) is 6.30. The first-order valence-corrected chi connectivity index (χ1v) is 7.70. The predicted octanol–water partition coefficient (Wildman–Crippen LogP) is 4.03. The van der Waals surface area contributed by atoms with Crippen LogP contribution >= 0.6 is 27.3 Å². The number of thiophene rings is 1. The number of hydrogen-bond acceptors (Lipinski definition) is 3. The molecule has 1 atom stereocenters. The molecule has 0 fully saturated rings. The summed E-state index contributed by atoms with van der Waals surface area (Å²) in [4.78, 5) is 17.4. The van der Waals surface area contributed by atoms with E-state index in [1.165, 1.54) is 4.88 Å². The lowest BCUT2D eigenvalue weighted by Crippen LogP contribution is -2.31. The highest BCUT2D eigenvalue weighted by Crippen LogP contribution is 2.26. The molecule has 2 aromatic heterocycles. The number of carbonyl (C=O) groups is 1. The molecule has 0 aliphatic heterocycles. The molecule has 3 nitrogen and oxygen atoms in total. The summed E-state index contributed by atoms with van der Waals surface area (Å²) in [6, 6.07) is 5.86. The smallest absolute Gasteiger partial charge is 0.253 e. The highest BCUT2D eigenvalue weighted by atomic mass is 79.9. The van der Waals surface area contributed by atoms with Gasteiger partial charge in [0, 0.05) is 21.7 Å². The summed E-state index contributed by atoms with van der Waals surface area (Å²) >= 11 is 4.98. The molecule has 0 aromatic carbocycles. The van der Waals surface area contributed by atoms with Gasteiger partial charge in [-0.2, -0.15) is 0 Å². The van der Waals surface area contributed by atoms with Crippen LogP contribution in [0.15, 0.2) is 40.4 Å². The summed E-state index contributed by atoms with van der Waals surface area (Å²) in [6.07, 6.45) is 3.24. The SMILES string of the molecule is CC(C)[C@@H](NC(=O)c1cncc(Br)c1)c1cccs1. The van der Waals surface area contributed by atoms with Crippen LogP contribution in [-0.2, 0) is 0 Å². The molecule has 5 heteroatoms. The summed E-state index contributed by atoms with van der Waals surface area (Å²) in [6.45, 7) is 4.20. The quantitative estimate of drug-likeness (QED) is 0.914. The van der Waals surface area contributed by atoms with Crippen molar-refractivity contribution < 1.29 is 4.79 Å². The van der Waals surface area contributed by atoms with E-state index in [2.05, 4.69) is 46.1 Å². The van der Waals surface area contributed by atoms with Gasteiger partial charge in [-0.15, -0.1) is 11.3 Å². The lowest BCUT2D eigenvalue weighted by molar-refractivity contribution is 0.0926. The first kappa shape index (κ1) is 14.2. The zero-order valence-corrected chi connectivity index (χ0v) is 13.2. The Morgan fingerprint density at radius 3 is 2.79 bits per heavy atom. The van der Waals surface area contributed by atoms with Gasteiger partial charge in [-0.3, -0.25) is 9.78 Å². The maximum atomic E-state index is 12.2. The highest BCUT2D eigenvalue weighted by molar-refractivity contribution is 9.10. The van der Waals surface area contributed by atoms with Crippen molar-refractivity contribution in [3.8, 4) is 0 Å². The van der Waals surface area contributed by atoms with Gasteiger partial charge >= 0.3 is 0 Å². The van der Waals surface area contributed by atoms with Gasteiger partial charge in [0.2, 0.25) is 0 Å². The summed E-state index contributed by atoms with van der Waals surface area (Å²) < 4.78 is 0.803. The molecule has 19 heavy (non-hydrogen) atoms. The summed E-state index contributed by atoms with van der Waals surface area (Å²) in [7, 11) is 0. The Morgan fingerprint density at radius 1 is 1.42 bits per heavy atom. The molecule has 0 saturated heterocycles. The minimum Gasteiger partial charge on any atom is -0.344 e. The largest absolute Gasteiger partial charge is 0.344 e. The molecule has 0 unspecified atom stereocenters. The fourth-order valence-corrected chi connectivity index (χ4v) is 3.11. The van der Waals surface area contributed by atoms with Crippen LogP contribution < -0.4 is 5.32 Å². The number of aromatic nitrogens is 1. The summed E-state index contributed by atoms with van der Waals surface area (Å²) in [5.74, 6) is 0.239. The number of nitrogens with one attached hydrogen (secondary N) is 1. The minimum atomic E-state index is -0.0964. The van der Waals surface area contributed by atoms with E-state index in [1.807, 2.05) is 11.4 Å². The van der Waals surface area contributed by atoms with Gasteiger partial charge in [-0.1, -0.05) is 19.9 Å². The van der Waals surface area contributed by atoms with E-state index in [0.29, 0.717) is 11.5 Å². The van der Waals surface area contributed by atoms with Crippen LogP contribution in [0.25, 0.3) is 0 Å². The first-order valence-electron chi connectivity index (χ1n) is 6.02. The number of amides is 1. The zero-order chi connectivity index (χ0) is 13.8. The Hall–Kier alpha value is -1.20. The highest BCUT2D eigenvalue weighted by Gasteiger charge is 2.20. The van der Waals surface area contributed by atoms with Gasteiger partial charge in [0.15, 0.2) is 0 Å². The number of halogens is 1. The Labute approximate surface area is 125 Å². The zero-order valence-electron chi connectivity index (χ0n) is 10.8. The van der Waals surface area contributed by atoms with Crippen molar-refractivity contribution in [3.63, 3.8) is 0 Å². The molecule has 0 aliphatic carbocycles. The summed E-state index contributed by atoms with van der Waals surface area (Å²) in [5.41, 5.74) is 0.566. The number of pyridine rings is 1. The van der Waals surface area contributed by atoms with Crippen molar-refractivity contribution in [3.05, 3.63) is 50.9 Å². The molecular weight excluding hydrogens is 324 g/mol. The molecule has 0 radical (unpaired) electrons. The lowest BCUT2D eigenvalue weighted by atomic mass is 10.0. The molecule has 100 valence electrons. The number of rotatable bonds is 4. The van der Waals surface area contributed by atoms with Gasteiger partial charge in [-0.05, 0) is 39.4 Å². The second-order valence-electron chi connectivity index (χ2n) is 4.60. The van der Waals surface area contributed by atoms with Crippen LogP contribution in [0.5, 0.6) is 0 Å². The minimum absolute atomic E-state index is 0.0338. The van der Waals surface area contributed by atoms with Crippen molar-refractivity contribution in [2.45, 2.75) is 19.9 Å². The molecule has 2 rings (SSSR count). The third-order valence-electron chi connectivity index (χ3n) is 2.77. The van der Waals surface area contributed by atoms with Crippen molar-refractivity contribution in [1.29, 1.82) is 0 Å². The second-order valence-corrected chi connectivity index (χ2v) is 6.50. The Bertz CT molecular complexity index is 554. The van der Waals surface area contributed by atoms with Gasteiger partial charge in [0.25, 0.3) is 5.91 Å². The molecule has 0 saturated carbocycles. The number of nitrogens with zero attached hydrogens (tertiary/aromatic N) is 1. The van der Waals surface area contributed by atoms with Crippen LogP contribution in [0, 0.1) is 5.92 Å². The average molecular weight is 339 g/mol. The summed E-state index contributed by atoms with van der Waals surface area (Å²) in [5, 5.41) is 5.10. The molecule has 0 aliphatic rings. The Balaban J connectivity index is 2.16. The van der Waals surface area contributed by atoms with Crippen LogP contribution in [-0.4, -0.2) is 10.9 Å². The molecule has 0 bridgehead atoms. The van der Waals surface area contributed by atoms with E-state index in [1.54, 1.807) is 29.8 Å². The third kappa shape index (κ3) is 3.64. The van der Waals surface area contributed by atoms with Crippen LogP contribution in [0.4, 0.5) is 0 Å². The van der Waals surface area contributed by atoms with Gasteiger partial charge in [0.05, 0.1) is 11.6 Å². The molecular formula is C14H15BrN2OS. The van der Waals surface area contributed by atoms with Crippen LogP contribution in [0.3, 0.4) is 0 Å². The Kier molecular flexibility index (Phi) is 4.71. The van der Waals surface area contributed by atoms with Crippen LogP contribution in [0.2, 0.25) is 0 Å². The van der Waals surface area contributed by atoms with Crippen molar-refractivity contribution in [2.24, 2.45) is 5.92 Å². The number of hydrogen-bond donors (Lipinski definition) is 1. The predicted molar refractivity (Wildman–Crippen MR) is 81.3 cm³/mol. The van der Waals surface area contributed by atoms with E-state index in [9.17, 15) is 4.79 Å². The van der Waals surface area contributed by atoms with E-state index >= 15 is 0 Å². The first-order chi connectivity index (χ1) is 9.08. The topological polar surface area (TPSA) is 42.0 Å². The van der Waals surface area contributed by atoms with E-state index in [-0.39, 0.29) is 11.9 Å².